The van der Waals surface area contributed by atoms with Gasteiger partial charge in [-0.2, -0.15) is 0 Å². The van der Waals surface area contributed by atoms with Crippen LogP contribution in [0.15, 0.2) is 59.5 Å². The van der Waals surface area contributed by atoms with Gasteiger partial charge in [0.05, 0.1) is 11.4 Å². The molecule has 0 fully saturated rings. The molecule has 0 aliphatic rings. The maximum absolute atomic E-state index is 12.3. The maximum atomic E-state index is 12.3. The zero-order valence-corrected chi connectivity index (χ0v) is 17.5. The standard InChI is InChI=1S/C20H18N6OS2/c1-13-9-14(2)11-16(10-13)26-18(15-3-5-21-6-4-15)24-25-20(26)29-12-17(27)23-19-22-7-8-28-19/h3-11H,12H2,1-2H3,(H,22,23,27). The average molecular weight is 423 g/mol. The van der Waals surface area contributed by atoms with Crippen LogP contribution in [0.5, 0.6) is 0 Å². The molecule has 0 radical (unpaired) electrons. The second kappa shape index (κ2) is 8.54. The molecule has 3 aromatic heterocycles. The number of benzene rings is 1. The van der Waals surface area contributed by atoms with Gasteiger partial charge < -0.3 is 5.32 Å². The van der Waals surface area contributed by atoms with Crippen molar-refractivity contribution in [2.45, 2.75) is 19.0 Å². The first-order valence-electron chi connectivity index (χ1n) is 8.87. The van der Waals surface area contributed by atoms with Crippen LogP contribution in [-0.4, -0.2) is 36.4 Å². The number of hydrogen-bond donors (Lipinski definition) is 1. The summed E-state index contributed by atoms with van der Waals surface area (Å²) >= 11 is 2.72. The zero-order valence-electron chi connectivity index (χ0n) is 15.9. The molecular weight excluding hydrogens is 404 g/mol. The Morgan fingerprint density at radius 1 is 1.10 bits per heavy atom. The topological polar surface area (TPSA) is 85.6 Å². The summed E-state index contributed by atoms with van der Waals surface area (Å²) in [6.45, 7) is 4.11. The Hall–Kier alpha value is -3.04. The third-order valence-corrected chi connectivity index (χ3v) is 5.67. The van der Waals surface area contributed by atoms with Crippen molar-refractivity contribution in [1.29, 1.82) is 0 Å². The molecular formula is C20H18N6OS2. The van der Waals surface area contributed by atoms with Crippen LogP contribution in [0, 0.1) is 13.8 Å². The van der Waals surface area contributed by atoms with Crippen LogP contribution in [-0.2, 0) is 4.79 Å². The number of aromatic nitrogens is 5. The van der Waals surface area contributed by atoms with Crippen molar-refractivity contribution >= 4 is 34.1 Å². The summed E-state index contributed by atoms with van der Waals surface area (Å²) in [7, 11) is 0. The van der Waals surface area contributed by atoms with Crippen LogP contribution in [0.1, 0.15) is 11.1 Å². The molecule has 4 aromatic rings. The van der Waals surface area contributed by atoms with Crippen molar-refractivity contribution < 1.29 is 4.79 Å². The van der Waals surface area contributed by atoms with Crippen molar-refractivity contribution in [3.63, 3.8) is 0 Å². The predicted octanol–water partition coefficient (Wildman–Crippen LogP) is 4.13. The Morgan fingerprint density at radius 2 is 1.86 bits per heavy atom. The van der Waals surface area contributed by atoms with Crippen LogP contribution in [0.25, 0.3) is 17.1 Å². The molecule has 0 atom stereocenters. The number of hydrogen-bond acceptors (Lipinski definition) is 7. The van der Waals surface area contributed by atoms with E-state index in [4.69, 9.17) is 0 Å². The lowest BCUT2D eigenvalue weighted by atomic mass is 10.1. The van der Waals surface area contributed by atoms with Gasteiger partial charge in [-0.05, 0) is 49.2 Å². The molecule has 0 saturated carbocycles. The Morgan fingerprint density at radius 3 is 2.55 bits per heavy atom. The number of thioether (sulfide) groups is 1. The molecule has 0 spiro atoms. The fourth-order valence-electron chi connectivity index (χ4n) is 2.93. The summed E-state index contributed by atoms with van der Waals surface area (Å²) < 4.78 is 1.98. The Kier molecular flexibility index (Phi) is 5.68. The minimum absolute atomic E-state index is 0.134. The van der Waals surface area contributed by atoms with Crippen molar-refractivity contribution in [1.82, 2.24) is 24.7 Å². The van der Waals surface area contributed by atoms with Gasteiger partial charge in [0.25, 0.3) is 0 Å². The molecule has 3 heterocycles. The van der Waals surface area contributed by atoms with Crippen molar-refractivity contribution in [3.8, 4) is 17.1 Å². The van der Waals surface area contributed by atoms with Crippen LogP contribution in [0.4, 0.5) is 5.13 Å². The number of rotatable bonds is 6. The number of carbonyl (C=O) groups is 1. The van der Waals surface area contributed by atoms with Crippen LogP contribution < -0.4 is 5.32 Å². The molecule has 7 nitrogen and oxygen atoms in total. The van der Waals surface area contributed by atoms with Gasteiger partial charge in [0.15, 0.2) is 16.1 Å². The SMILES string of the molecule is Cc1cc(C)cc(-n2c(SCC(=O)Nc3nccs3)nnc2-c2ccncc2)c1. The van der Waals surface area contributed by atoms with Crippen LogP contribution in [0.3, 0.4) is 0 Å². The first-order chi connectivity index (χ1) is 14.1. The summed E-state index contributed by atoms with van der Waals surface area (Å²) in [5.41, 5.74) is 4.16. The average Bonchev–Trinajstić information content (AvgIpc) is 3.36. The van der Waals surface area contributed by atoms with E-state index in [1.54, 1.807) is 18.6 Å². The van der Waals surface area contributed by atoms with Crippen LogP contribution >= 0.6 is 23.1 Å². The normalized spacial score (nSPS) is 10.8. The number of amides is 1. The number of aryl methyl sites for hydroxylation is 2. The third-order valence-electron chi connectivity index (χ3n) is 4.05. The largest absolute Gasteiger partial charge is 0.301 e. The molecule has 0 aliphatic heterocycles. The predicted molar refractivity (Wildman–Crippen MR) is 116 cm³/mol. The van der Waals surface area contributed by atoms with Gasteiger partial charge in [0.2, 0.25) is 5.91 Å². The molecule has 1 amide bonds. The highest BCUT2D eigenvalue weighted by Gasteiger charge is 2.18. The quantitative estimate of drug-likeness (QED) is 0.470. The van der Waals surface area contributed by atoms with Gasteiger partial charge in [-0.25, -0.2) is 4.98 Å². The lowest BCUT2D eigenvalue weighted by Crippen LogP contribution is -2.14. The number of thiazole rings is 1. The molecule has 146 valence electrons. The number of anilines is 1. The number of carbonyl (C=O) groups excluding carboxylic acids is 1. The minimum atomic E-state index is -0.134. The zero-order chi connectivity index (χ0) is 20.2. The second-order valence-corrected chi connectivity index (χ2v) is 8.23. The summed E-state index contributed by atoms with van der Waals surface area (Å²) in [5.74, 6) is 0.782. The minimum Gasteiger partial charge on any atom is -0.301 e. The number of pyridine rings is 1. The van der Waals surface area contributed by atoms with E-state index in [2.05, 4.69) is 57.5 Å². The van der Waals surface area contributed by atoms with E-state index in [0.29, 0.717) is 16.1 Å². The van der Waals surface area contributed by atoms with E-state index >= 15 is 0 Å². The summed E-state index contributed by atoms with van der Waals surface area (Å²) in [4.78, 5) is 20.4. The van der Waals surface area contributed by atoms with E-state index in [1.165, 1.54) is 23.1 Å². The Balaban J connectivity index is 1.66. The summed E-state index contributed by atoms with van der Waals surface area (Å²) in [5, 5.41) is 14.6. The smallest absolute Gasteiger partial charge is 0.236 e. The van der Waals surface area contributed by atoms with E-state index in [9.17, 15) is 4.79 Å². The maximum Gasteiger partial charge on any atom is 0.236 e. The highest BCUT2D eigenvalue weighted by atomic mass is 32.2. The van der Waals surface area contributed by atoms with Crippen molar-refractivity contribution in [2.24, 2.45) is 0 Å². The van der Waals surface area contributed by atoms with E-state index < -0.39 is 0 Å². The lowest BCUT2D eigenvalue weighted by molar-refractivity contribution is -0.113. The molecule has 1 aromatic carbocycles. The van der Waals surface area contributed by atoms with Crippen LogP contribution in [0.2, 0.25) is 0 Å². The van der Waals surface area contributed by atoms with Gasteiger partial charge in [0.1, 0.15) is 0 Å². The van der Waals surface area contributed by atoms with E-state index in [0.717, 1.165) is 22.4 Å². The Bertz CT molecular complexity index is 1110. The monoisotopic (exact) mass is 422 g/mol. The van der Waals surface area contributed by atoms with Crippen molar-refractivity contribution in [3.05, 3.63) is 65.4 Å². The van der Waals surface area contributed by atoms with E-state index in [1.807, 2.05) is 22.1 Å². The van der Waals surface area contributed by atoms with E-state index in [-0.39, 0.29) is 11.7 Å². The summed E-state index contributed by atoms with van der Waals surface area (Å²) in [6.07, 6.45) is 5.11. The van der Waals surface area contributed by atoms with Gasteiger partial charge in [-0.3, -0.25) is 14.3 Å². The molecule has 0 saturated heterocycles. The molecule has 0 bridgehead atoms. The third kappa shape index (κ3) is 4.52. The fourth-order valence-corrected chi connectivity index (χ4v) is 4.23. The van der Waals surface area contributed by atoms with Gasteiger partial charge >= 0.3 is 0 Å². The van der Waals surface area contributed by atoms with Crippen molar-refractivity contribution in [2.75, 3.05) is 11.1 Å². The Labute approximate surface area is 176 Å². The molecule has 29 heavy (non-hydrogen) atoms. The lowest BCUT2D eigenvalue weighted by Gasteiger charge is -2.12. The molecule has 0 aliphatic carbocycles. The van der Waals surface area contributed by atoms with Gasteiger partial charge in [-0.1, -0.05) is 17.8 Å². The highest BCUT2D eigenvalue weighted by Crippen LogP contribution is 2.29. The second-order valence-electron chi connectivity index (χ2n) is 6.40. The summed E-state index contributed by atoms with van der Waals surface area (Å²) in [6, 6.07) is 10.1. The first-order valence-corrected chi connectivity index (χ1v) is 10.7. The number of nitrogens with one attached hydrogen (secondary N) is 1. The fraction of sp³-hybridized carbons (Fsp3) is 0.150. The first kappa shape index (κ1) is 19.3. The molecule has 1 N–H and O–H groups in total. The molecule has 9 heteroatoms. The molecule has 4 rings (SSSR count). The van der Waals surface area contributed by atoms with Gasteiger partial charge in [0, 0.05) is 29.5 Å². The highest BCUT2D eigenvalue weighted by molar-refractivity contribution is 7.99. The molecule has 0 unspecified atom stereocenters. The number of nitrogens with zero attached hydrogens (tertiary/aromatic N) is 5. The van der Waals surface area contributed by atoms with Gasteiger partial charge in [-0.15, -0.1) is 21.5 Å².